The maximum Gasteiger partial charge on any atom is 0.293 e. The van der Waals surface area contributed by atoms with Gasteiger partial charge in [0.15, 0.2) is 0 Å². The van der Waals surface area contributed by atoms with E-state index >= 15 is 0 Å². The van der Waals surface area contributed by atoms with E-state index in [4.69, 9.17) is 4.74 Å². The number of para-hydroxylation sites is 1. The highest BCUT2D eigenvalue weighted by Crippen LogP contribution is 2.32. The van der Waals surface area contributed by atoms with Gasteiger partial charge < -0.3 is 9.30 Å². The molecule has 0 radical (unpaired) electrons. The summed E-state index contributed by atoms with van der Waals surface area (Å²) in [5.41, 5.74) is 3.05. The van der Waals surface area contributed by atoms with Crippen LogP contribution in [0.3, 0.4) is 0 Å². The average molecular weight is 342 g/mol. The number of hydrogen-bond donors (Lipinski definition) is 0. The lowest BCUT2D eigenvalue weighted by atomic mass is 10.2. The molecule has 0 aliphatic carbocycles. The first-order chi connectivity index (χ1) is 11.6. The maximum absolute atomic E-state index is 12.4. The van der Waals surface area contributed by atoms with Gasteiger partial charge in [-0.25, -0.2) is 0 Å². The van der Waals surface area contributed by atoms with Crippen molar-refractivity contribution < 1.29 is 14.3 Å². The Labute approximate surface area is 144 Å². The van der Waals surface area contributed by atoms with Gasteiger partial charge in [0, 0.05) is 24.7 Å². The maximum atomic E-state index is 12.4. The van der Waals surface area contributed by atoms with Crippen molar-refractivity contribution >= 4 is 29.0 Å². The molecule has 24 heavy (non-hydrogen) atoms. The van der Waals surface area contributed by atoms with Gasteiger partial charge in [0.1, 0.15) is 0 Å². The molecule has 2 aromatic rings. The SMILES string of the molecule is COCCN1C(=O)S/C(=C/c2cccn2-c2ccccc2C)C1=O. The molecule has 1 fully saturated rings. The fourth-order valence-corrected chi connectivity index (χ4v) is 3.42. The van der Waals surface area contributed by atoms with E-state index in [0.717, 1.165) is 28.7 Å². The molecule has 2 amide bonds. The van der Waals surface area contributed by atoms with Crippen molar-refractivity contribution in [3.05, 3.63) is 58.8 Å². The summed E-state index contributed by atoms with van der Waals surface area (Å²) in [4.78, 5) is 26.1. The smallest absolute Gasteiger partial charge is 0.293 e. The summed E-state index contributed by atoms with van der Waals surface area (Å²) in [5, 5.41) is -0.253. The Morgan fingerprint density at radius 3 is 2.71 bits per heavy atom. The van der Waals surface area contributed by atoms with Crippen molar-refractivity contribution in [2.45, 2.75) is 6.92 Å². The molecular formula is C18H18N2O3S. The van der Waals surface area contributed by atoms with Gasteiger partial charge in [0.2, 0.25) is 0 Å². The second kappa shape index (κ2) is 7.07. The van der Waals surface area contributed by atoms with Crippen molar-refractivity contribution in [2.24, 2.45) is 0 Å². The number of aromatic nitrogens is 1. The van der Waals surface area contributed by atoms with Crippen LogP contribution < -0.4 is 0 Å². The number of thioether (sulfide) groups is 1. The average Bonchev–Trinajstić information content (AvgIpc) is 3.12. The van der Waals surface area contributed by atoms with Crippen molar-refractivity contribution in [1.82, 2.24) is 9.47 Å². The normalized spacial score (nSPS) is 16.4. The largest absolute Gasteiger partial charge is 0.383 e. The fourth-order valence-electron chi connectivity index (χ4n) is 2.57. The molecule has 0 bridgehead atoms. The first kappa shape index (κ1) is 16.5. The zero-order valence-electron chi connectivity index (χ0n) is 13.6. The molecule has 0 atom stereocenters. The molecule has 1 aliphatic heterocycles. The van der Waals surface area contributed by atoms with Crippen LogP contribution in [0, 0.1) is 6.92 Å². The zero-order valence-corrected chi connectivity index (χ0v) is 14.4. The number of amides is 2. The topological polar surface area (TPSA) is 51.5 Å². The van der Waals surface area contributed by atoms with E-state index in [1.165, 1.54) is 4.90 Å². The van der Waals surface area contributed by atoms with E-state index in [-0.39, 0.29) is 17.7 Å². The standard InChI is InChI=1S/C18H18N2O3S/c1-13-6-3-4-8-15(13)19-9-5-7-14(19)12-16-17(21)20(10-11-23-2)18(22)24-16/h3-9,12H,10-11H2,1-2H3/b16-12+. The highest BCUT2D eigenvalue weighted by atomic mass is 32.2. The molecule has 0 unspecified atom stereocenters. The quantitative estimate of drug-likeness (QED) is 0.781. The molecule has 1 aromatic heterocycles. The summed E-state index contributed by atoms with van der Waals surface area (Å²) in [6.45, 7) is 2.65. The Hall–Kier alpha value is -2.31. The van der Waals surface area contributed by atoms with E-state index in [1.54, 1.807) is 13.2 Å². The second-order valence-electron chi connectivity index (χ2n) is 5.42. The van der Waals surface area contributed by atoms with Gasteiger partial charge >= 0.3 is 0 Å². The molecule has 5 nitrogen and oxygen atoms in total. The van der Waals surface area contributed by atoms with Crippen LogP contribution in [0.15, 0.2) is 47.5 Å². The molecule has 1 aromatic carbocycles. The number of nitrogens with zero attached hydrogens (tertiary/aromatic N) is 2. The number of hydrogen-bond acceptors (Lipinski definition) is 4. The van der Waals surface area contributed by atoms with Crippen molar-refractivity contribution in [2.75, 3.05) is 20.3 Å². The molecule has 2 heterocycles. The molecule has 0 N–H and O–H groups in total. The van der Waals surface area contributed by atoms with Gasteiger partial charge in [-0.2, -0.15) is 0 Å². The van der Waals surface area contributed by atoms with Gasteiger partial charge in [-0.05, 0) is 48.5 Å². The van der Waals surface area contributed by atoms with Crippen LogP contribution in [-0.2, 0) is 9.53 Å². The summed E-state index contributed by atoms with van der Waals surface area (Å²) in [7, 11) is 1.55. The van der Waals surface area contributed by atoms with Crippen LogP contribution in [0.5, 0.6) is 0 Å². The first-order valence-electron chi connectivity index (χ1n) is 7.59. The predicted octanol–water partition coefficient (Wildman–Crippen LogP) is 3.47. The predicted molar refractivity (Wildman–Crippen MR) is 95.1 cm³/mol. The van der Waals surface area contributed by atoms with E-state index in [2.05, 4.69) is 0 Å². The van der Waals surface area contributed by atoms with E-state index in [9.17, 15) is 9.59 Å². The Bertz CT molecular complexity index is 810. The van der Waals surface area contributed by atoms with Gasteiger partial charge in [0.05, 0.1) is 18.1 Å². The lowest BCUT2D eigenvalue weighted by molar-refractivity contribution is -0.123. The Morgan fingerprint density at radius 1 is 1.17 bits per heavy atom. The van der Waals surface area contributed by atoms with Gasteiger partial charge in [0.25, 0.3) is 11.1 Å². The van der Waals surface area contributed by atoms with Crippen LogP contribution in [0.4, 0.5) is 4.79 Å². The van der Waals surface area contributed by atoms with Crippen LogP contribution in [0.2, 0.25) is 0 Å². The molecule has 1 aliphatic rings. The van der Waals surface area contributed by atoms with E-state index in [0.29, 0.717) is 11.5 Å². The Morgan fingerprint density at radius 2 is 1.96 bits per heavy atom. The van der Waals surface area contributed by atoms with E-state index in [1.807, 2.05) is 54.1 Å². The number of methoxy groups -OCH3 is 1. The summed E-state index contributed by atoms with van der Waals surface area (Å²) in [5.74, 6) is -0.264. The Balaban J connectivity index is 1.91. The lowest BCUT2D eigenvalue weighted by Crippen LogP contribution is -2.31. The number of imide groups is 1. The van der Waals surface area contributed by atoms with Crippen molar-refractivity contribution in [3.8, 4) is 5.69 Å². The van der Waals surface area contributed by atoms with Gasteiger partial charge in [-0.15, -0.1) is 0 Å². The monoisotopic (exact) mass is 342 g/mol. The van der Waals surface area contributed by atoms with Crippen LogP contribution >= 0.6 is 11.8 Å². The molecule has 1 saturated heterocycles. The molecule has 6 heteroatoms. The molecule has 0 saturated carbocycles. The molecule has 3 rings (SSSR count). The number of rotatable bonds is 5. The highest BCUT2D eigenvalue weighted by molar-refractivity contribution is 8.18. The molecule has 124 valence electrons. The van der Waals surface area contributed by atoms with Gasteiger partial charge in [-0.3, -0.25) is 14.5 Å². The molecule has 0 spiro atoms. The minimum atomic E-state index is -0.264. The van der Waals surface area contributed by atoms with Crippen molar-refractivity contribution in [1.29, 1.82) is 0 Å². The summed E-state index contributed by atoms with van der Waals surface area (Å²) < 4.78 is 6.97. The third-order valence-electron chi connectivity index (χ3n) is 3.83. The summed E-state index contributed by atoms with van der Waals surface area (Å²) in [6, 6.07) is 11.9. The lowest BCUT2D eigenvalue weighted by Gasteiger charge is -2.11. The van der Waals surface area contributed by atoms with Crippen LogP contribution in [0.1, 0.15) is 11.3 Å². The summed E-state index contributed by atoms with van der Waals surface area (Å²) in [6.07, 6.45) is 3.72. The van der Waals surface area contributed by atoms with Gasteiger partial charge in [-0.1, -0.05) is 18.2 Å². The zero-order chi connectivity index (χ0) is 17.1. The third kappa shape index (κ3) is 3.16. The van der Waals surface area contributed by atoms with Crippen LogP contribution in [0.25, 0.3) is 11.8 Å². The molecular weight excluding hydrogens is 324 g/mol. The Kier molecular flexibility index (Phi) is 4.87. The number of carbonyl (C=O) groups is 2. The van der Waals surface area contributed by atoms with E-state index < -0.39 is 0 Å². The number of benzene rings is 1. The highest BCUT2D eigenvalue weighted by Gasteiger charge is 2.34. The summed E-state index contributed by atoms with van der Waals surface area (Å²) >= 11 is 0.968. The minimum Gasteiger partial charge on any atom is -0.383 e. The number of carbonyl (C=O) groups excluding carboxylic acids is 2. The minimum absolute atomic E-state index is 0.253. The van der Waals surface area contributed by atoms with Crippen molar-refractivity contribution in [3.63, 3.8) is 0 Å². The fraction of sp³-hybridized carbons (Fsp3) is 0.222. The first-order valence-corrected chi connectivity index (χ1v) is 8.41. The van der Waals surface area contributed by atoms with Crippen LogP contribution in [-0.4, -0.2) is 40.9 Å². The third-order valence-corrected chi connectivity index (χ3v) is 4.73. The number of ether oxygens (including phenoxy) is 1. The second-order valence-corrected chi connectivity index (χ2v) is 6.41. The number of aryl methyl sites for hydroxylation is 1.